The topological polar surface area (TPSA) is 15.3 Å². The van der Waals surface area contributed by atoms with Gasteiger partial charge in [-0.15, -0.1) is 0 Å². The summed E-state index contributed by atoms with van der Waals surface area (Å²) in [7, 11) is 0. The minimum absolute atomic E-state index is 0.526. The molecule has 2 aliphatic rings. The highest BCUT2D eigenvalue weighted by atomic mass is 15.1. The summed E-state index contributed by atoms with van der Waals surface area (Å²) in [5.41, 5.74) is 3.44. The lowest BCUT2D eigenvalue weighted by molar-refractivity contribution is 0.279. The third kappa shape index (κ3) is 3.30. The molecule has 3 rings (SSSR count). The Hall–Kier alpha value is -1.02. The molecule has 0 bridgehead atoms. The van der Waals surface area contributed by atoms with E-state index >= 15 is 0 Å². The molecule has 2 fully saturated rings. The van der Waals surface area contributed by atoms with Crippen molar-refractivity contribution in [1.29, 1.82) is 0 Å². The van der Waals surface area contributed by atoms with Crippen LogP contribution in [0.5, 0.6) is 0 Å². The van der Waals surface area contributed by atoms with Gasteiger partial charge in [0, 0.05) is 31.4 Å². The first-order chi connectivity index (χ1) is 9.14. The average molecular weight is 258 g/mol. The number of hydrogen-bond donors (Lipinski definition) is 1. The predicted octanol–water partition coefficient (Wildman–Crippen LogP) is 3.57. The third-order valence-electron chi connectivity index (χ3n) is 4.61. The van der Waals surface area contributed by atoms with Crippen LogP contribution in [0.3, 0.4) is 0 Å². The van der Waals surface area contributed by atoms with Crippen LogP contribution >= 0.6 is 0 Å². The van der Waals surface area contributed by atoms with Gasteiger partial charge < -0.3 is 10.2 Å². The molecule has 2 nitrogen and oxygen atoms in total. The monoisotopic (exact) mass is 258 g/mol. The molecule has 0 amide bonds. The van der Waals surface area contributed by atoms with Gasteiger partial charge in [0.05, 0.1) is 0 Å². The summed E-state index contributed by atoms with van der Waals surface area (Å²) in [4.78, 5) is 2.58. The van der Waals surface area contributed by atoms with Gasteiger partial charge in [-0.3, -0.25) is 0 Å². The van der Waals surface area contributed by atoms with Crippen LogP contribution in [0, 0.1) is 5.41 Å². The molecule has 0 unspecified atom stereocenters. The van der Waals surface area contributed by atoms with Crippen LogP contribution in [0.1, 0.15) is 45.1 Å². The van der Waals surface area contributed by atoms with E-state index in [2.05, 4.69) is 48.3 Å². The number of para-hydroxylation sites is 1. The van der Waals surface area contributed by atoms with Gasteiger partial charge in [0.1, 0.15) is 0 Å². The number of piperidine rings is 1. The fraction of sp³-hybridized carbons (Fsp3) is 0.647. The summed E-state index contributed by atoms with van der Waals surface area (Å²) in [6, 6.07) is 9.71. The Kier molecular flexibility index (Phi) is 3.53. The Balaban J connectivity index is 1.69. The molecule has 1 saturated carbocycles. The Bertz CT molecular complexity index is 425. The zero-order valence-electron chi connectivity index (χ0n) is 12.3. The van der Waals surface area contributed by atoms with Crippen molar-refractivity contribution < 1.29 is 0 Å². The van der Waals surface area contributed by atoms with Crippen molar-refractivity contribution in [2.24, 2.45) is 5.41 Å². The summed E-state index contributed by atoms with van der Waals surface area (Å²) < 4.78 is 0. The SMILES string of the molecule is CC1(C)CCN(c2ccccc2CNC2CC2)CC1. The number of nitrogens with zero attached hydrogens (tertiary/aromatic N) is 1. The van der Waals surface area contributed by atoms with Crippen molar-refractivity contribution in [1.82, 2.24) is 5.32 Å². The molecule has 0 atom stereocenters. The fourth-order valence-corrected chi connectivity index (χ4v) is 2.86. The standard InChI is InChI=1S/C17H26N2/c1-17(2)9-11-19(12-10-17)16-6-4-3-5-14(16)13-18-15-7-8-15/h3-6,15,18H,7-13H2,1-2H3. The molecule has 0 aromatic heterocycles. The quantitative estimate of drug-likeness (QED) is 0.888. The fourth-order valence-electron chi connectivity index (χ4n) is 2.86. The minimum atomic E-state index is 0.526. The molecule has 1 aliphatic heterocycles. The van der Waals surface area contributed by atoms with Gasteiger partial charge in [0.15, 0.2) is 0 Å². The van der Waals surface area contributed by atoms with Gasteiger partial charge in [0.25, 0.3) is 0 Å². The van der Waals surface area contributed by atoms with Crippen molar-refractivity contribution in [2.45, 2.75) is 52.1 Å². The van der Waals surface area contributed by atoms with E-state index in [1.807, 2.05) is 0 Å². The molecule has 2 heteroatoms. The third-order valence-corrected chi connectivity index (χ3v) is 4.61. The first-order valence-corrected chi connectivity index (χ1v) is 7.70. The largest absolute Gasteiger partial charge is 0.371 e. The van der Waals surface area contributed by atoms with E-state index in [-0.39, 0.29) is 0 Å². The molecule has 1 aromatic rings. The van der Waals surface area contributed by atoms with Gasteiger partial charge in [0.2, 0.25) is 0 Å². The summed E-state index contributed by atoms with van der Waals surface area (Å²) >= 11 is 0. The smallest absolute Gasteiger partial charge is 0.0411 e. The highest BCUT2D eigenvalue weighted by molar-refractivity contribution is 5.54. The van der Waals surface area contributed by atoms with Gasteiger partial charge >= 0.3 is 0 Å². The summed E-state index contributed by atoms with van der Waals surface area (Å²) in [5.74, 6) is 0. The molecule has 1 aromatic carbocycles. The molecule has 1 saturated heterocycles. The first-order valence-electron chi connectivity index (χ1n) is 7.70. The van der Waals surface area contributed by atoms with Gasteiger partial charge in [-0.2, -0.15) is 0 Å². The van der Waals surface area contributed by atoms with E-state index in [1.54, 1.807) is 0 Å². The number of nitrogens with one attached hydrogen (secondary N) is 1. The number of hydrogen-bond acceptors (Lipinski definition) is 2. The maximum atomic E-state index is 3.64. The van der Waals surface area contributed by atoms with E-state index in [4.69, 9.17) is 0 Å². The highest BCUT2D eigenvalue weighted by Gasteiger charge is 2.26. The van der Waals surface area contributed by atoms with Crippen LogP contribution in [0.2, 0.25) is 0 Å². The van der Waals surface area contributed by atoms with Crippen molar-refractivity contribution in [3.05, 3.63) is 29.8 Å². The van der Waals surface area contributed by atoms with Crippen LogP contribution in [0.4, 0.5) is 5.69 Å². The van der Waals surface area contributed by atoms with Crippen LogP contribution in [-0.4, -0.2) is 19.1 Å². The second kappa shape index (κ2) is 5.16. The molecule has 0 radical (unpaired) electrons. The Labute approximate surface area is 117 Å². The van der Waals surface area contributed by atoms with Gasteiger partial charge in [-0.25, -0.2) is 0 Å². The van der Waals surface area contributed by atoms with E-state index in [9.17, 15) is 0 Å². The summed E-state index contributed by atoms with van der Waals surface area (Å²) in [6.07, 6.45) is 5.33. The zero-order valence-corrected chi connectivity index (χ0v) is 12.3. The molecule has 0 spiro atoms. The molecule has 1 heterocycles. The normalized spacial score (nSPS) is 22.5. The lowest BCUT2D eigenvalue weighted by atomic mass is 9.82. The van der Waals surface area contributed by atoms with E-state index < -0.39 is 0 Å². The van der Waals surface area contributed by atoms with Crippen molar-refractivity contribution in [3.63, 3.8) is 0 Å². The minimum Gasteiger partial charge on any atom is -0.371 e. The number of benzene rings is 1. The van der Waals surface area contributed by atoms with E-state index in [0.29, 0.717) is 5.41 Å². The molecular formula is C17H26N2. The summed E-state index contributed by atoms with van der Waals surface area (Å²) in [5, 5.41) is 3.64. The second-order valence-corrected chi connectivity index (χ2v) is 6.94. The van der Waals surface area contributed by atoms with Crippen LogP contribution < -0.4 is 10.2 Å². The number of rotatable bonds is 4. The molecule has 1 aliphatic carbocycles. The maximum absolute atomic E-state index is 3.64. The van der Waals surface area contributed by atoms with Crippen molar-refractivity contribution in [2.75, 3.05) is 18.0 Å². The Morgan fingerprint density at radius 3 is 2.53 bits per heavy atom. The second-order valence-electron chi connectivity index (χ2n) is 6.94. The molecule has 19 heavy (non-hydrogen) atoms. The molecule has 104 valence electrons. The molecule has 1 N–H and O–H groups in total. The van der Waals surface area contributed by atoms with Crippen molar-refractivity contribution >= 4 is 5.69 Å². The van der Waals surface area contributed by atoms with E-state index in [1.165, 1.54) is 50.0 Å². The van der Waals surface area contributed by atoms with Gasteiger partial charge in [-0.05, 0) is 42.7 Å². The lowest BCUT2D eigenvalue weighted by Crippen LogP contribution is -2.38. The Morgan fingerprint density at radius 2 is 1.84 bits per heavy atom. The van der Waals surface area contributed by atoms with Crippen LogP contribution in [0.15, 0.2) is 24.3 Å². The summed E-state index contributed by atoms with van der Waals surface area (Å²) in [6.45, 7) is 8.22. The van der Waals surface area contributed by atoms with Crippen LogP contribution in [-0.2, 0) is 6.54 Å². The molecular weight excluding hydrogens is 232 g/mol. The zero-order chi connectivity index (χ0) is 13.3. The number of anilines is 1. The van der Waals surface area contributed by atoms with E-state index in [0.717, 1.165) is 12.6 Å². The average Bonchev–Trinajstić information content (AvgIpc) is 3.21. The Morgan fingerprint density at radius 1 is 1.16 bits per heavy atom. The predicted molar refractivity (Wildman–Crippen MR) is 81.5 cm³/mol. The van der Waals surface area contributed by atoms with Gasteiger partial charge in [-0.1, -0.05) is 32.0 Å². The lowest BCUT2D eigenvalue weighted by Gasteiger charge is -2.39. The first kappa shape index (κ1) is 13.0. The van der Waals surface area contributed by atoms with Crippen LogP contribution in [0.25, 0.3) is 0 Å². The van der Waals surface area contributed by atoms with Crippen molar-refractivity contribution in [3.8, 4) is 0 Å². The highest BCUT2D eigenvalue weighted by Crippen LogP contribution is 2.33. The maximum Gasteiger partial charge on any atom is 0.0411 e.